The van der Waals surface area contributed by atoms with E-state index in [0.29, 0.717) is 30.5 Å². The second kappa shape index (κ2) is 14.1. The van der Waals surface area contributed by atoms with Crippen LogP contribution in [0.1, 0.15) is 43.9 Å². The highest BCUT2D eigenvalue weighted by Crippen LogP contribution is 2.42. The van der Waals surface area contributed by atoms with Crippen molar-refractivity contribution in [3.05, 3.63) is 83.6 Å². The average molecular weight is 752 g/mol. The molecule has 8 rings (SSSR count). The molecule has 0 bridgehead atoms. The number of benzene rings is 2. The van der Waals surface area contributed by atoms with Crippen molar-refractivity contribution in [2.75, 3.05) is 38.2 Å². The number of terminal acetylenes is 1. The van der Waals surface area contributed by atoms with Crippen molar-refractivity contribution in [3.8, 4) is 35.4 Å². The minimum Gasteiger partial charge on any atom is -0.508 e. The SMILES string of the molecule is C#Cc1c(F)ccc2cc(O)cc(-c3ncc4c(N(C)[C@@H]5CCN(C(=O)/C(F)=C/c6ccccn6)[C@@H]5C)nc(OC[C@@]56CCCN5C[C@H](F)C6)nc4c3F)c12. The minimum absolute atomic E-state index is 0.0534. The third-order valence-electron chi connectivity index (χ3n) is 11.3. The highest BCUT2D eigenvalue weighted by Gasteiger charge is 2.49. The first-order chi connectivity index (χ1) is 26.5. The Bertz CT molecular complexity index is 2410. The molecule has 0 spiro atoms. The summed E-state index contributed by atoms with van der Waals surface area (Å²) in [6, 6.07) is 9.18. The number of aromatic hydroxyl groups is 1. The van der Waals surface area contributed by atoms with Gasteiger partial charge in [0.15, 0.2) is 11.6 Å². The number of likely N-dealkylation sites (N-methyl/N-ethyl adjacent to an activating group) is 1. The fraction of sp³-hybridized carbons (Fsp3) is 0.341. The lowest BCUT2D eigenvalue weighted by Gasteiger charge is -2.33. The molecule has 4 atom stereocenters. The Morgan fingerprint density at radius 1 is 1.18 bits per heavy atom. The fourth-order valence-electron chi connectivity index (χ4n) is 8.62. The van der Waals surface area contributed by atoms with Gasteiger partial charge in [-0.3, -0.25) is 19.7 Å². The number of hydrogen-bond acceptors (Lipinski definition) is 9. The van der Waals surface area contributed by atoms with Crippen LogP contribution < -0.4 is 9.64 Å². The molecule has 14 heteroatoms. The molecule has 0 aliphatic carbocycles. The molecule has 282 valence electrons. The molecule has 3 aliphatic heterocycles. The van der Waals surface area contributed by atoms with Crippen molar-refractivity contribution in [2.45, 2.75) is 56.4 Å². The summed E-state index contributed by atoms with van der Waals surface area (Å²) < 4.78 is 68.1. The van der Waals surface area contributed by atoms with Gasteiger partial charge in [0.25, 0.3) is 5.91 Å². The van der Waals surface area contributed by atoms with E-state index in [1.165, 1.54) is 41.6 Å². The lowest BCUT2D eigenvalue weighted by Crippen LogP contribution is -2.44. The molecule has 0 radical (unpaired) electrons. The maximum atomic E-state index is 17.1. The van der Waals surface area contributed by atoms with Crippen molar-refractivity contribution in [1.82, 2.24) is 29.7 Å². The molecule has 1 N–H and O–H groups in total. The fourth-order valence-corrected chi connectivity index (χ4v) is 8.62. The van der Waals surface area contributed by atoms with Crippen molar-refractivity contribution in [3.63, 3.8) is 0 Å². The second-order valence-electron chi connectivity index (χ2n) is 14.5. The van der Waals surface area contributed by atoms with Crippen LogP contribution in [-0.2, 0) is 4.79 Å². The zero-order chi connectivity index (χ0) is 38.6. The van der Waals surface area contributed by atoms with E-state index in [1.54, 1.807) is 37.1 Å². The molecule has 5 aromatic rings. The number of aromatic nitrogens is 4. The number of pyridine rings is 2. The van der Waals surface area contributed by atoms with Gasteiger partial charge in [0, 0.05) is 62.0 Å². The predicted octanol–water partition coefficient (Wildman–Crippen LogP) is 6.60. The summed E-state index contributed by atoms with van der Waals surface area (Å²) in [5.41, 5.74) is -0.725. The Hall–Kier alpha value is -5.81. The number of alkyl halides is 1. The van der Waals surface area contributed by atoms with E-state index < -0.39 is 47.2 Å². The van der Waals surface area contributed by atoms with Crippen LogP contribution >= 0.6 is 0 Å². The van der Waals surface area contributed by atoms with E-state index in [1.807, 2.05) is 0 Å². The molecule has 6 heterocycles. The van der Waals surface area contributed by atoms with E-state index in [0.717, 1.165) is 25.5 Å². The number of phenols is 1. The average Bonchev–Trinajstić information content (AvgIpc) is 3.84. The highest BCUT2D eigenvalue weighted by atomic mass is 19.1. The third kappa shape index (κ3) is 6.36. The van der Waals surface area contributed by atoms with Crippen molar-refractivity contribution in [1.29, 1.82) is 0 Å². The molecule has 3 aliphatic rings. The van der Waals surface area contributed by atoms with Gasteiger partial charge < -0.3 is 19.6 Å². The first kappa shape index (κ1) is 36.2. The van der Waals surface area contributed by atoms with Crippen LogP contribution in [0, 0.1) is 24.0 Å². The number of amides is 1. The van der Waals surface area contributed by atoms with Gasteiger partial charge in [-0.05, 0) is 68.4 Å². The summed E-state index contributed by atoms with van der Waals surface area (Å²) in [7, 11) is 1.74. The van der Waals surface area contributed by atoms with Crippen LogP contribution in [0.5, 0.6) is 11.8 Å². The standard InChI is InChI=1S/C41H37F4N7O3/c1-4-28-31(43)10-9-24-16-27(53)18-29(34(24)28)36-35(45)37-30(20-47-36)38(49-40(48-37)55-22-41-12-7-14-51(41)21-25(42)19-41)50(3)33-11-15-52(23(33)2)39(54)32(44)17-26-8-5-6-13-46-26/h1,5-6,8-10,13,16-18,20,23,25,33,53H,7,11-12,14-15,19,21-22H2,2-3H3/b32-17-/t23-,25-,33-,41+/m1/s1. The summed E-state index contributed by atoms with van der Waals surface area (Å²) >= 11 is 0. The van der Waals surface area contributed by atoms with Gasteiger partial charge in [-0.1, -0.05) is 18.1 Å². The summed E-state index contributed by atoms with van der Waals surface area (Å²) in [5.74, 6) is -0.973. The molecular weight excluding hydrogens is 714 g/mol. The number of halogens is 4. The van der Waals surface area contributed by atoms with Crippen molar-refractivity contribution in [2.24, 2.45) is 0 Å². The van der Waals surface area contributed by atoms with E-state index in [4.69, 9.17) is 16.1 Å². The summed E-state index contributed by atoms with van der Waals surface area (Å²) in [4.78, 5) is 36.4. The first-order valence-corrected chi connectivity index (χ1v) is 18.1. The zero-order valence-electron chi connectivity index (χ0n) is 30.1. The Balaban J connectivity index is 1.20. The van der Waals surface area contributed by atoms with Gasteiger partial charge in [0.1, 0.15) is 41.4 Å². The number of anilines is 1. The van der Waals surface area contributed by atoms with Gasteiger partial charge in [-0.2, -0.15) is 9.97 Å². The Labute approximate surface area is 314 Å². The molecular formula is C41H37F4N7O3. The van der Waals surface area contributed by atoms with Crippen LogP contribution in [0.2, 0.25) is 0 Å². The quantitative estimate of drug-likeness (QED) is 0.107. The van der Waals surface area contributed by atoms with Gasteiger partial charge >= 0.3 is 6.01 Å². The summed E-state index contributed by atoms with van der Waals surface area (Å²) in [6.45, 7) is 3.17. The lowest BCUT2D eigenvalue weighted by atomic mass is 9.95. The van der Waals surface area contributed by atoms with Crippen LogP contribution in [0.4, 0.5) is 23.4 Å². The number of phenolic OH excluding ortho intramolecular Hbond substituents is 1. The molecule has 3 aromatic heterocycles. The van der Waals surface area contributed by atoms with E-state index >= 15 is 8.78 Å². The number of ether oxygens (including phenoxy) is 1. The van der Waals surface area contributed by atoms with Crippen LogP contribution in [0.3, 0.4) is 0 Å². The molecule has 0 unspecified atom stereocenters. The van der Waals surface area contributed by atoms with Crippen molar-refractivity contribution < 1.29 is 32.2 Å². The Kier molecular flexibility index (Phi) is 9.29. The third-order valence-corrected chi connectivity index (χ3v) is 11.3. The molecule has 3 saturated heterocycles. The highest BCUT2D eigenvalue weighted by molar-refractivity contribution is 6.03. The van der Waals surface area contributed by atoms with Gasteiger partial charge in [0.05, 0.1) is 28.2 Å². The first-order valence-electron chi connectivity index (χ1n) is 18.1. The number of carbonyl (C=O) groups excluding carboxylic acids is 1. The predicted molar refractivity (Wildman–Crippen MR) is 200 cm³/mol. The number of fused-ring (bicyclic) bond motifs is 3. The monoisotopic (exact) mass is 751 g/mol. The van der Waals surface area contributed by atoms with Crippen LogP contribution in [0.25, 0.3) is 39.0 Å². The second-order valence-corrected chi connectivity index (χ2v) is 14.5. The van der Waals surface area contributed by atoms with E-state index in [9.17, 15) is 18.7 Å². The normalized spacial score (nSPS) is 22.7. The van der Waals surface area contributed by atoms with Gasteiger partial charge in [0.2, 0.25) is 0 Å². The topological polar surface area (TPSA) is 108 Å². The maximum Gasteiger partial charge on any atom is 0.319 e. The van der Waals surface area contributed by atoms with E-state index in [2.05, 4.69) is 25.8 Å². The van der Waals surface area contributed by atoms with E-state index in [-0.39, 0.29) is 63.8 Å². The molecule has 0 saturated carbocycles. The number of hydrogen-bond donors (Lipinski definition) is 1. The number of nitrogens with zero attached hydrogens (tertiary/aromatic N) is 7. The Morgan fingerprint density at radius 2 is 2.02 bits per heavy atom. The number of likely N-dealkylation sites (tertiary alicyclic amines) is 1. The van der Waals surface area contributed by atoms with Crippen LogP contribution in [0.15, 0.2) is 60.7 Å². The molecule has 1 amide bonds. The number of carbonyl (C=O) groups is 1. The number of rotatable bonds is 8. The molecule has 10 nitrogen and oxygen atoms in total. The lowest BCUT2D eigenvalue weighted by molar-refractivity contribution is -0.129. The Morgan fingerprint density at radius 3 is 2.80 bits per heavy atom. The molecule has 3 fully saturated rings. The molecule has 55 heavy (non-hydrogen) atoms. The van der Waals surface area contributed by atoms with Gasteiger partial charge in [-0.15, -0.1) is 6.42 Å². The van der Waals surface area contributed by atoms with Crippen molar-refractivity contribution >= 4 is 39.5 Å². The summed E-state index contributed by atoms with van der Waals surface area (Å²) in [5, 5.41) is 11.4. The van der Waals surface area contributed by atoms with Crippen LogP contribution in [-0.4, -0.2) is 97.8 Å². The minimum atomic E-state index is -0.998. The maximum absolute atomic E-state index is 17.1. The largest absolute Gasteiger partial charge is 0.508 e. The summed E-state index contributed by atoms with van der Waals surface area (Å²) in [6.07, 6.45) is 11.0. The zero-order valence-corrected chi connectivity index (χ0v) is 30.1. The smallest absolute Gasteiger partial charge is 0.319 e. The van der Waals surface area contributed by atoms with Gasteiger partial charge in [-0.25, -0.2) is 17.6 Å². The molecule has 2 aromatic carbocycles.